The van der Waals surface area contributed by atoms with E-state index >= 15 is 0 Å². The lowest BCUT2D eigenvalue weighted by atomic mass is 9.86. The highest BCUT2D eigenvalue weighted by molar-refractivity contribution is 5.93. The fourth-order valence-corrected chi connectivity index (χ4v) is 3.20. The topological polar surface area (TPSA) is 57.8 Å². The van der Waals surface area contributed by atoms with Crippen molar-refractivity contribution in [1.29, 1.82) is 0 Å². The summed E-state index contributed by atoms with van der Waals surface area (Å²) in [6.45, 7) is 4.23. The number of aryl methyl sites for hydroxylation is 1. The van der Waals surface area contributed by atoms with Gasteiger partial charge < -0.3 is 5.32 Å². The minimum Gasteiger partial charge on any atom is -0.350 e. The Labute approximate surface area is 131 Å². The summed E-state index contributed by atoms with van der Waals surface area (Å²) in [7, 11) is 0. The van der Waals surface area contributed by atoms with E-state index in [2.05, 4.69) is 22.4 Å². The zero-order valence-corrected chi connectivity index (χ0v) is 13.2. The second-order valence-electron chi connectivity index (χ2n) is 6.34. The van der Waals surface area contributed by atoms with Gasteiger partial charge in [-0.2, -0.15) is 5.10 Å². The molecule has 0 bridgehead atoms. The fraction of sp³-hybridized carbons (Fsp3) is 0.444. The van der Waals surface area contributed by atoms with E-state index in [1.807, 2.05) is 31.2 Å². The summed E-state index contributed by atoms with van der Waals surface area (Å²) in [4.78, 5) is 12.1. The average Bonchev–Trinajstić information content (AvgIpc) is 2.88. The van der Waals surface area contributed by atoms with Crippen molar-refractivity contribution in [2.45, 2.75) is 45.6 Å². The van der Waals surface area contributed by atoms with Gasteiger partial charge in [-0.15, -0.1) is 0 Å². The first kappa shape index (κ1) is 14.8. The molecule has 0 saturated heterocycles. The smallest absolute Gasteiger partial charge is 0.244 e. The third kappa shape index (κ3) is 3.21. The highest BCUT2D eigenvalue weighted by atomic mass is 16.1. The maximum atomic E-state index is 12.1. The SMILES string of the molecule is Cc1[nH]nc2cc(/C=C/C(=O)N[C@@H]3CCCC[C@H]3C)ccc12. The number of nitrogens with zero attached hydrogens (tertiary/aromatic N) is 1. The Morgan fingerprint density at radius 1 is 1.36 bits per heavy atom. The minimum absolute atomic E-state index is 0.00273. The van der Waals surface area contributed by atoms with Crippen molar-refractivity contribution in [3.8, 4) is 0 Å². The van der Waals surface area contributed by atoms with Gasteiger partial charge in [0.2, 0.25) is 5.91 Å². The number of hydrogen-bond acceptors (Lipinski definition) is 2. The van der Waals surface area contributed by atoms with Gasteiger partial charge in [0, 0.05) is 23.2 Å². The molecule has 1 saturated carbocycles. The maximum absolute atomic E-state index is 12.1. The molecule has 2 N–H and O–H groups in total. The summed E-state index contributed by atoms with van der Waals surface area (Å²) in [5, 5.41) is 11.5. The lowest BCUT2D eigenvalue weighted by Gasteiger charge is -2.29. The molecule has 3 rings (SSSR count). The summed E-state index contributed by atoms with van der Waals surface area (Å²) in [6.07, 6.45) is 8.29. The van der Waals surface area contributed by atoms with Crippen molar-refractivity contribution in [3.05, 3.63) is 35.5 Å². The molecule has 2 atom stereocenters. The first-order valence-corrected chi connectivity index (χ1v) is 8.07. The van der Waals surface area contributed by atoms with Crippen molar-refractivity contribution in [2.75, 3.05) is 0 Å². The molecule has 0 spiro atoms. The molecule has 4 nitrogen and oxygen atoms in total. The Morgan fingerprint density at radius 2 is 2.18 bits per heavy atom. The van der Waals surface area contributed by atoms with Crippen LogP contribution >= 0.6 is 0 Å². The molecule has 0 aliphatic heterocycles. The molecule has 1 aliphatic rings. The van der Waals surface area contributed by atoms with E-state index in [-0.39, 0.29) is 5.91 Å². The molecule has 0 radical (unpaired) electrons. The van der Waals surface area contributed by atoms with Crippen LogP contribution in [0.25, 0.3) is 17.0 Å². The van der Waals surface area contributed by atoms with Crippen molar-refractivity contribution in [3.63, 3.8) is 0 Å². The van der Waals surface area contributed by atoms with Gasteiger partial charge >= 0.3 is 0 Å². The molecule has 2 aromatic rings. The van der Waals surface area contributed by atoms with Crippen molar-refractivity contribution >= 4 is 22.9 Å². The molecule has 4 heteroatoms. The van der Waals surface area contributed by atoms with Crippen molar-refractivity contribution < 1.29 is 4.79 Å². The number of nitrogens with one attached hydrogen (secondary N) is 2. The molecule has 1 fully saturated rings. The quantitative estimate of drug-likeness (QED) is 0.851. The van der Waals surface area contributed by atoms with Gasteiger partial charge in [0.15, 0.2) is 0 Å². The summed E-state index contributed by atoms with van der Waals surface area (Å²) >= 11 is 0. The largest absolute Gasteiger partial charge is 0.350 e. The third-order valence-corrected chi connectivity index (χ3v) is 4.64. The average molecular weight is 297 g/mol. The van der Waals surface area contributed by atoms with Crippen LogP contribution in [0.1, 0.15) is 43.9 Å². The Balaban J connectivity index is 1.65. The van der Waals surface area contributed by atoms with Crippen LogP contribution < -0.4 is 5.32 Å². The Kier molecular flexibility index (Phi) is 4.27. The van der Waals surface area contributed by atoms with Gasteiger partial charge in [-0.25, -0.2) is 0 Å². The highest BCUT2D eigenvalue weighted by Crippen LogP contribution is 2.23. The van der Waals surface area contributed by atoms with Crippen LogP contribution in [0, 0.1) is 12.8 Å². The molecule has 1 aliphatic carbocycles. The molecule has 1 heterocycles. The number of H-pyrrole nitrogens is 1. The van der Waals surface area contributed by atoms with Crippen LogP contribution in [0.5, 0.6) is 0 Å². The van der Waals surface area contributed by atoms with Crippen LogP contribution in [-0.2, 0) is 4.79 Å². The number of fused-ring (bicyclic) bond motifs is 1. The first-order valence-electron chi connectivity index (χ1n) is 8.07. The number of amides is 1. The zero-order chi connectivity index (χ0) is 15.5. The summed E-state index contributed by atoms with van der Waals surface area (Å²) in [5.74, 6) is 0.575. The number of aromatic nitrogens is 2. The fourth-order valence-electron chi connectivity index (χ4n) is 3.20. The van der Waals surface area contributed by atoms with E-state index in [1.165, 1.54) is 19.3 Å². The van der Waals surface area contributed by atoms with E-state index in [9.17, 15) is 4.79 Å². The maximum Gasteiger partial charge on any atom is 0.244 e. The molecule has 22 heavy (non-hydrogen) atoms. The molecule has 1 amide bonds. The second kappa shape index (κ2) is 6.34. The predicted octanol–water partition coefficient (Wildman–Crippen LogP) is 3.58. The van der Waals surface area contributed by atoms with Gasteiger partial charge in [-0.3, -0.25) is 9.89 Å². The molecule has 1 aromatic carbocycles. The molecule has 116 valence electrons. The van der Waals surface area contributed by atoms with Gasteiger partial charge in [0.25, 0.3) is 0 Å². The van der Waals surface area contributed by atoms with Crippen LogP contribution in [0.15, 0.2) is 24.3 Å². The van der Waals surface area contributed by atoms with Gasteiger partial charge in [-0.1, -0.05) is 31.9 Å². The van der Waals surface area contributed by atoms with Crippen LogP contribution in [0.4, 0.5) is 0 Å². The molecule has 0 unspecified atom stereocenters. The monoisotopic (exact) mass is 297 g/mol. The van der Waals surface area contributed by atoms with Gasteiger partial charge in [0.05, 0.1) is 5.52 Å². The molecular formula is C18H23N3O. The van der Waals surface area contributed by atoms with E-state index in [4.69, 9.17) is 0 Å². The second-order valence-corrected chi connectivity index (χ2v) is 6.34. The normalized spacial score (nSPS) is 22.3. The molecular weight excluding hydrogens is 274 g/mol. The van der Waals surface area contributed by atoms with E-state index < -0.39 is 0 Å². The van der Waals surface area contributed by atoms with Crippen LogP contribution in [0.2, 0.25) is 0 Å². The van der Waals surface area contributed by atoms with E-state index in [0.717, 1.165) is 28.6 Å². The number of carbonyl (C=O) groups is 1. The Morgan fingerprint density at radius 3 is 3.00 bits per heavy atom. The Hall–Kier alpha value is -2.10. The summed E-state index contributed by atoms with van der Waals surface area (Å²) in [5.41, 5.74) is 2.99. The lowest BCUT2D eigenvalue weighted by molar-refractivity contribution is -0.117. The number of aromatic amines is 1. The lowest BCUT2D eigenvalue weighted by Crippen LogP contribution is -2.40. The number of hydrogen-bond donors (Lipinski definition) is 2. The summed E-state index contributed by atoms with van der Waals surface area (Å²) < 4.78 is 0. The van der Waals surface area contributed by atoms with Crippen LogP contribution in [0.3, 0.4) is 0 Å². The third-order valence-electron chi connectivity index (χ3n) is 4.64. The van der Waals surface area contributed by atoms with E-state index in [0.29, 0.717) is 12.0 Å². The minimum atomic E-state index is -0.00273. The Bertz CT molecular complexity index is 701. The van der Waals surface area contributed by atoms with Gasteiger partial charge in [-0.05, 0) is 43.4 Å². The van der Waals surface area contributed by atoms with E-state index in [1.54, 1.807) is 6.08 Å². The van der Waals surface area contributed by atoms with Crippen LogP contribution in [-0.4, -0.2) is 22.1 Å². The highest BCUT2D eigenvalue weighted by Gasteiger charge is 2.21. The number of carbonyl (C=O) groups excluding carboxylic acids is 1. The molecule has 1 aromatic heterocycles. The predicted molar refractivity (Wildman–Crippen MR) is 89.4 cm³/mol. The van der Waals surface area contributed by atoms with Gasteiger partial charge in [0.1, 0.15) is 0 Å². The number of benzene rings is 1. The first-order chi connectivity index (χ1) is 10.6. The van der Waals surface area contributed by atoms with Crippen molar-refractivity contribution in [2.24, 2.45) is 5.92 Å². The standard InChI is InChI=1S/C18H23N3O/c1-12-5-3-4-6-16(12)19-18(22)10-8-14-7-9-15-13(2)20-21-17(15)11-14/h7-12,16H,3-6H2,1-2H3,(H,19,22)(H,20,21)/b10-8+/t12-,16-/m1/s1. The van der Waals surface area contributed by atoms with Crippen molar-refractivity contribution in [1.82, 2.24) is 15.5 Å². The summed E-state index contributed by atoms with van der Waals surface area (Å²) in [6, 6.07) is 6.36. The number of rotatable bonds is 3. The zero-order valence-electron chi connectivity index (χ0n) is 13.2.